The molecular formula is C21H26FNO. The summed E-state index contributed by atoms with van der Waals surface area (Å²) in [4.78, 5) is 15.1. The van der Waals surface area contributed by atoms with Crippen molar-refractivity contribution in [3.63, 3.8) is 0 Å². The first kappa shape index (κ1) is 14.9. The molecule has 5 aliphatic rings. The van der Waals surface area contributed by atoms with Crippen LogP contribution in [0.3, 0.4) is 0 Å². The number of amides is 1. The van der Waals surface area contributed by atoms with Crippen LogP contribution in [0.1, 0.15) is 57.6 Å². The van der Waals surface area contributed by atoms with E-state index in [-0.39, 0.29) is 17.8 Å². The summed E-state index contributed by atoms with van der Waals surface area (Å²) in [6.45, 7) is 3.97. The molecule has 6 rings (SSSR count). The van der Waals surface area contributed by atoms with Crippen LogP contribution in [-0.4, -0.2) is 16.8 Å². The molecule has 0 spiro atoms. The lowest BCUT2D eigenvalue weighted by molar-refractivity contribution is -0.192. The van der Waals surface area contributed by atoms with E-state index >= 15 is 0 Å². The minimum Gasteiger partial charge on any atom is -0.330 e. The highest BCUT2D eigenvalue weighted by atomic mass is 19.1. The summed E-state index contributed by atoms with van der Waals surface area (Å²) in [5.74, 6) is 3.14. The topological polar surface area (TPSA) is 20.3 Å². The molecule has 1 unspecified atom stereocenters. The molecule has 1 heterocycles. The van der Waals surface area contributed by atoms with Crippen molar-refractivity contribution in [2.24, 2.45) is 29.1 Å². The average molecular weight is 327 g/mol. The normalized spacial score (nSPS) is 42.3. The lowest BCUT2D eigenvalue weighted by Crippen LogP contribution is -2.69. The van der Waals surface area contributed by atoms with Gasteiger partial charge in [0.1, 0.15) is 5.82 Å². The van der Waals surface area contributed by atoms with Crippen molar-refractivity contribution in [3.8, 4) is 0 Å². The number of carbonyl (C=O) groups is 1. The fraction of sp³-hybridized carbons (Fsp3) is 0.667. The van der Waals surface area contributed by atoms with Gasteiger partial charge in [-0.3, -0.25) is 4.79 Å². The van der Waals surface area contributed by atoms with Gasteiger partial charge in [-0.25, -0.2) is 4.39 Å². The molecule has 4 aliphatic carbocycles. The summed E-state index contributed by atoms with van der Waals surface area (Å²) in [7, 11) is 0. The summed E-state index contributed by atoms with van der Waals surface area (Å²) in [6, 6.07) is 7.28. The summed E-state index contributed by atoms with van der Waals surface area (Å²) in [6.07, 6.45) is 6.55. The first-order valence-corrected chi connectivity index (χ1v) is 9.54. The number of hydrogen-bond acceptors (Lipinski definition) is 1. The fourth-order valence-electron chi connectivity index (χ4n) is 6.74. The molecule has 2 nitrogen and oxygen atoms in total. The molecule has 0 N–H and O–H groups in total. The van der Waals surface area contributed by atoms with Crippen molar-refractivity contribution in [2.45, 2.75) is 58.0 Å². The summed E-state index contributed by atoms with van der Waals surface area (Å²) >= 11 is 0. The van der Waals surface area contributed by atoms with E-state index in [9.17, 15) is 9.18 Å². The van der Waals surface area contributed by atoms with Crippen LogP contribution in [0.2, 0.25) is 0 Å². The number of hydrogen-bond donors (Lipinski definition) is 0. The number of carbonyl (C=O) groups excluding carboxylic acids is 1. The molecule has 128 valence electrons. The van der Waals surface area contributed by atoms with Crippen LogP contribution in [0.5, 0.6) is 0 Å². The summed E-state index contributed by atoms with van der Waals surface area (Å²) in [5, 5.41) is 0. The summed E-state index contributed by atoms with van der Waals surface area (Å²) < 4.78 is 14.5. The van der Waals surface area contributed by atoms with Crippen molar-refractivity contribution < 1.29 is 9.18 Å². The second-order valence-corrected chi connectivity index (χ2v) is 9.28. The molecule has 0 radical (unpaired) electrons. The number of rotatable bonds is 2. The van der Waals surface area contributed by atoms with Gasteiger partial charge in [-0.2, -0.15) is 0 Å². The van der Waals surface area contributed by atoms with Crippen molar-refractivity contribution >= 4 is 5.91 Å². The molecule has 0 aromatic heterocycles. The second-order valence-electron chi connectivity index (χ2n) is 9.28. The monoisotopic (exact) mass is 327 g/mol. The standard InChI is InChI=1S/C21H26FNO/c1-21(2)19(16-5-3-4-6-17(16)22)23(20(21)24)18-14-8-12-7-13(10-14)11-15(18)9-12/h3-6,12-15,18-19H,7-11H2,1-2H3. The van der Waals surface area contributed by atoms with E-state index in [1.54, 1.807) is 6.07 Å². The number of benzene rings is 1. The van der Waals surface area contributed by atoms with Crippen LogP contribution in [0.4, 0.5) is 4.39 Å². The van der Waals surface area contributed by atoms with Crippen molar-refractivity contribution in [1.29, 1.82) is 0 Å². The Bertz CT molecular complexity index is 669. The van der Waals surface area contributed by atoms with Crippen molar-refractivity contribution in [2.75, 3.05) is 0 Å². The Morgan fingerprint density at radius 3 is 2.17 bits per heavy atom. The summed E-state index contributed by atoms with van der Waals surface area (Å²) in [5.41, 5.74) is 0.215. The largest absolute Gasteiger partial charge is 0.330 e. The molecule has 24 heavy (non-hydrogen) atoms. The third-order valence-corrected chi connectivity index (χ3v) is 7.45. The minimum absolute atomic E-state index is 0.103. The molecule has 4 bridgehead atoms. The van der Waals surface area contributed by atoms with Crippen LogP contribution in [0, 0.1) is 34.9 Å². The SMILES string of the molecule is CC1(C)C(=O)N(C2C3CC4CC(C3)CC2C4)C1c1ccccc1F. The van der Waals surface area contributed by atoms with Crippen molar-refractivity contribution in [3.05, 3.63) is 35.6 Å². The zero-order valence-electron chi connectivity index (χ0n) is 14.5. The van der Waals surface area contributed by atoms with Gasteiger partial charge in [0.15, 0.2) is 0 Å². The first-order chi connectivity index (χ1) is 11.5. The molecule has 1 aliphatic heterocycles. The lowest BCUT2D eigenvalue weighted by Gasteiger charge is -2.64. The molecular weight excluding hydrogens is 301 g/mol. The Balaban J connectivity index is 1.53. The van der Waals surface area contributed by atoms with Gasteiger partial charge < -0.3 is 4.90 Å². The smallest absolute Gasteiger partial charge is 0.231 e. The molecule has 3 heteroatoms. The van der Waals surface area contributed by atoms with Crippen LogP contribution in [-0.2, 0) is 4.79 Å². The Kier molecular flexibility index (Phi) is 3.00. The minimum atomic E-state index is -0.489. The third-order valence-electron chi connectivity index (χ3n) is 7.45. The van der Waals surface area contributed by atoms with Gasteiger partial charge in [-0.1, -0.05) is 18.2 Å². The van der Waals surface area contributed by atoms with E-state index < -0.39 is 5.41 Å². The Morgan fingerprint density at radius 1 is 1.00 bits per heavy atom. The Hall–Kier alpha value is -1.38. The van der Waals surface area contributed by atoms with Crippen molar-refractivity contribution in [1.82, 2.24) is 4.90 Å². The van der Waals surface area contributed by atoms with Gasteiger partial charge in [0.05, 0.1) is 11.5 Å². The number of halogens is 1. The second kappa shape index (κ2) is 4.83. The van der Waals surface area contributed by atoms with E-state index in [2.05, 4.69) is 4.90 Å². The van der Waals surface area contributed by atoms with Crippen LogP contribution in [0.15, 0.2) is 24.3 Å². The fourth-order valence-corrected chi connectivity index (χ4v) is 6.74. The predicted molar refractivity (Wildman–Crippen MR) is 90.6 cm³/mol. The highest BCUT2D eigenvalue weighted by molar-refractivity contribution is 5.90. The van der Waals surface area contributed by atoms with Gasteiger partial charge in [0, 0.05) is 11.6 Å². The number of likely N-dealkylation sites (tertiary alicyclic amines) is 1. The highest BCUT2D eigenvalue weighted by Gasteiger charge is 2.62. The Morgan fingerprint density at radius 2 is 1.58 bits per heavy atom. The van der Waals surface area contributed by atoms with E-state index in [1.807, 2.05) is 26.0 Å². The van der Waals surface area contributed by atoms with Crippen LogP contribution >= 0.6 is 0 Å². The van der Waals surface area contributed by atoms with Crippen LogP contribution < -0.4 is 0 Å². The van der Waals surface area contributed by atoms with E-state index in [4.69, 9.17) is 0 Å². The molecule has 1 atom stereocenters. The zero-order chi connectivity index (χ0) is 16.6. The van der Waals surface area contributed by atoms with E-state index in [0.717, 1.165) is 11.8 Å². The van der Waals surface area contributed by atoms with Gasteiger partial charge in [-0.05, 0) is 75.7 Å². The predicted octanol–water partition coefficient (Wildman–Crippen LogP) is 4.56. The average Bonchev–Trinajstić information content (AvgIpc) is 2.54. The maximum absolute atomic E-state index is 14.5. The molecule has 1 amide bonds. The number of β-lactam (4-membered cyclic amide) rings is 1. The molecule has 1 aromatic rings. The van der Waals surface area contributed by atoms with E-state index in [0.29, 0.717) is 23.4 Å². The Labute approximate surface area is 143 Å². The van der Waals surface area contributed by atoms with Crippen LogP contribution in [0.25, 0.3) is 0 Å². The van der Waals surface area contributed by atoms with Gasteiger partial charge in [-0.15, -0.1) is 0 Å². The molecule has 1 saturated heterocycles. The van der Waals surface area contributed by atoms with Gasteiger partial charge >= 0.3 is 0 Å². The van der Waals surface area contributed by atoms with E-state index in [1.165, 1.54) is 38.2 Å². The molecule has 1 aromatic carbocycles. The lowest BCUT2D eigenvalue weighted by atomic mass is 9.52. The third kappa shape index (κ3) is 1.84. The maximum Gasteiger partial charge on any atom is 0.231 e. The highest BCUT2D eigenvalue weighted by Crippen LogP contribution is 2.60. The quantitative estimate of drug-likeness (QED) is 0.729. The first-order valence-electron chi connectivity index (χ1n) is 9.54. The molecule has 5 fully saturated rings. The number of nitrogens with zero attached hydrogens (tertiary/aromatic N) is 1. The zero-order valence-corrected chi connectivity index (χ0v) is 14.5. The maximum atomic E-state index is 14.5. The van der Waals surface area contributed by atoms with Gasteiger partial charge in [0.25, 0.3) is 0 Å². The molecule has 4 saturated carbocycles. The van der Waals surface area contributed by atoms with Gasteiger partial charge in [0.2, 0.25) is 5.91 Å².